The summed E-state index contributed by atoms with van der Waals surface area (Å²) >= 11 is 1.82. The van der Waals surface area contributed by atoms with Crippen molar-refractivity contribution in [3.63, 3.8) is 0 Å². The molecule has 2 heterocycles. The number of amides is 1. The molecule has 1 amide bonds. The Kier molecular flexibility index (Phi) is 4.08. The monoisotopic (exact) mass is 300 g/mol. The van der Waals surface area contributed by atoms with Crippen molar-refractivity contribution in [1.29, 1.82) is 0 Å². The molecular formula is C17H20N2OS. The lowest BCUT2D eigenvalue weighted by Crippen LogP contribution is -2.44. The first-order valence-corrected chi connectivity index (χ1v) is 8.18. The van der Waals surface area contributed by atoms with Gasteiger partial charge in [-0.05, 0) is 55.0 Å². The molecule has 0 saturated carbocycles. The van der Waals surface area contributed by atoms with E-state index in [9.17, 15) is 4.79 Å². The molecule has 110 valence electrons. The lowest BCUT2D eigenvalue weighted by molar-refractivity contribution is -0.121. The van der Waals surface area contributed by atoms with Gasteiger partial charge in [-0.3, -0.25) is 9.69 Å². The van der Waals surface area contributed by atoms with E-state index in [0.29, 0.717) is 0 Å². The maximum Gasteiger partial charge on any atom is 0.241 e. The van der Waals surface area contributed by atoms with Gasteiger partial charge in [0.2, 0.25) is 5.91 Å². The number of anilines is 1. The molecule has 3 rings (SSSR count). The summed E-state index contributed by atoms with van der Waals surface area (Å²) < 4.78 is 0. The van der Waals surface area contributed by atoms with Crippen molar-refractivity contribution < 1.29 is 4.79 Å². The van der Waals surface area contributed by atoms with E-state index in [1.807, 2.05) is 49.4 Å². The van der Waals surface area contributed by atoms with Gasteiger partial charge in [-0.15, -0.1) is 11.3 Å². The Bertz CT molecular complexity index is 650. The largest absolute Gasteiger partial charge is 0.325 e. The zero-order valence-corrected chi connectivity index (χ0v) is 13.2. The second kappa shape index (κ2) is 6.00. The number of hydrogen-bond donors (Lipinski definition) is 1. The van der Waals surface area contributed by atoms with Crippen molar-refractivity contribution in [3.05, 3.63) is 51.7 Å². The zero-order valence-electron chi connectivity index (χ0n) is 12.4. The van der Waals surface area contributed by atoms with Crippen molar-refractivity contribution in [3.8, 4) is 0 Å². The van der Waals surface area contributed by atoms with E-state index in [-0.39, 0.29) is 11.9 Å². The molecule has 0 fully saturated rings. The molecule has 0 bridgehead atoms. The number of hydrogen-bond acceptors (Lipinski definition) is 3. The summed E-state index contributed by atoms with van der Waals surface area (Å²) in [5.41, 5.74) is 3.41. The number of fused-ring (bicyclic) bond motifs is 1. The SMILES string of the molecule is Cc1cccc(NC(=O)C(C)N2CCc3sccc3C2)c1. The molecule has 4 heteroatoms. The minimum atomic E-state index is -0.112. The van der Waals surface area contributed by atoms with Crippen LogP contribution in [0.5, 0.6) is 0 Å². The number of nitrogens with zero attached hydrogens (tertiary/aromatic N) is 1. The van der Waals surface area contributed by atoms with E-state index in [4.69, 9.17) is 0 Å². The van der Waals surface area contributed by atoms with Gasteiger partial charge in [0.05, 0.1) is 6.04 Å². The summed E-state index contributed by atoms with van der Waals surface area (Å²) in [5, 5.41) is 5.16. The second-order valence-electron chi connectivity index (χ2n) is 5.62. The molecule has 3 nitrogen and oxygen atoms in total. The van der Waals surface area contributed by atoms with Crippen LogP contribution in [-0.4, -0.2) is 23.4 Å². The highest BCUT2D eigenvalue weighted by molar-refractivity contribution is 7.10. The number of aryl methyl sites for hydroxylation is 1. The van der Waals surface area contributed by atoms with Crippen LogP contribution in [-0.2, 0) is 17.8 Å². The predicted molar refractivity (Wildman–Crippen MR) is 87.7 cm³/mol. The first-order chi connectivity index (χ1) is 10.1. The van der Waals surface area contributed by atoms with Crippen LogP contribution in [0.25, 0.3) is 0 Å². The van der Waals surface area contributed by atoms with Gasteiger partial charge < -0.3 is 5.32 Å². The van der Waals surface area contributed by atoms with Gasteiger partial charge in [0.15, 0.2) is 0 Å². The molecule has 1 atom stereocenters. The summed E-state index contributed by atoms with van der Waals surface area (Å²) in [4.78, 5) is 16.1. The molecule has 0 saturated heterocycles. The maximum atomic E-state index is 12.4. The van der Waals surface area contributed by atoms with Crippen LogP contribution in [0.4, 0.5) is 5.69 Å². The highest BCUT2D eigenvalue weighted by Gasteiger charge is 2.25. The fourth-order valence-corrected chi connectivity index (χ4v) is 3.63. The fourth-order valence-electron chi connectivity index (χ4n) is 2.74. The van der Waals surface area contributed by atoms with Crippen LogP contribution in [0.15, 0.2) is 35.7 Å². The first kappa shape index (κ1) is 14.3. The Morgan fingerprint density at radius 3 is 3.05 bits per heavy atom. The molecule has 0 aliphatic carbocycles. The molecule has 1 N–H and O–H groups in total. The molecule has 0 radical (unpaired) electrons. The van der Waals surface area contributed by atoms with E-state index in [2.05, 4.69) is 21.7 Å². The van der Waals surface area contributed by atoms with E-state index in [0.717, 1.165) is 30.8 Å². The second-order valence-corrected chi connectivity index (χ2v) is 6.62. The number of nitrogens with one attached hydrogen (secondary N) is 1. The van der Waals surface area contributed by atoms with Gasteiger partial charge in [0.25, 0.3) is 0 Å². The zero-order chi connectivity index (χ0) is 14.8. The number of thiophene rings is 1. The van der Waals surface area contributed by atoms with Gasteiger partial charge in [0, 0.05) is 23.7 Å². The summed E-state index contributed by atoms with van der Waals surface area (Å²) in [6, 6.07) is 9.99. The molecular weight excluding hydrogens is 280 g/mol. The Morgan fingerprint density at radius 1 is 1.38 bits per heavy atom. The van der Waals surface area contributed by atoms with Gasteiger partial charge in [-0.2, -0.15) is 0 Å². The number of carbonyl (C=O) groups is 1. The average molecular weight is 300 g/mol. The summed E-state index contributed by atoms with van der Waals surface area (Å²) in [5.74, 6) is 0.0688. The fraction of sp³-hybridized carbons (Fsp3) is 0.353. The van der Waals surface area contributed by atoms with Gasteiger partial charge >= 0.3 is 0 Å². The summed E-state index contributed by atoms with van der Waals surface area (Å²) in [6.45, 7) is 5.85. The van der Waals surface area contributed by atoms with Gasteiger partial charge in [-0.25, -0.2) is 0 Å². The van der Waals surface area contributed by atoms with E-state index in [1.165, 1.54) is 10.4 Å². The molecule has 1 unspecified atom stereocenters. The van der Waals surface area contributed by atoms with E-state index >= 15 is 0 Å². The van der Waals surface area contributed by atoms with Crippen LogP contribution in [0, 0.1) is 6.92 Å². The van der Waals surface area contributed by atoms with E-state index < -0.39 is 0 Å². The molecule has 1 aliphatic heterocycles. The summed E-state index contributed by atoms with van der Waals surface area (Å²) in [6.07, 6.45) is 1.05. The van der Waals surface area contributed by atoms with Crippen molar-refractivity contribution in [2.24, 2.45) is 0 Å². The van der Waals surface area contributed by atoms with Crippen LogP contribution in [0.3, 0.4) is 0 Å². The normalized spacial score (nSPS) is 16.3. The van der Waals surface area contributed by atoms with Crippen LogP contribution < -0.4 is 5.32 Å². The van der Waals surface area contributed by atoms with Gasteiger partial charge in [-0.1, -0.05) is 12.1 Å². The third-order valence-electron chi connectivity index (χ3n) is 4.05. The summed E-state index contributed by atoms with van der Waals surface area (Å²) in [7, 11) is 0. The quantitative estimate of drug-likeness (QED) is 0.941. The molecule has 0 spiro atoms. The number of rotatable bonds is 3. The minimum absolute atomic E-state index is 0.0688. The molecule has 1 aromatic carbocycles. The van der Waals surface area contributed by atoms with Crippen molar-refractivity contribution >= 4 is 22.9 Å². The van der Waals surface area contributed by atoms with Crippen molar-refractivity contribution in [2.45, 2.75) is 32.9 Å². The Morgan fingerprint density at radius 2 is 2.24 bits per heavy atom. The third kappa shape index (κ3) is 3.17. The topological polar surface area (TPSA) is 32.3 Å². The predicted octanol–water partition coefficient (Wildman–Crippen LogP) is 3.44. The molecule has 1 aromatic heterocycles. The lowest BCUT2D eigenvalue weighted by Gasteiger charge is -2.31. The average Bonchev–Trinajstić information content (AvgIpc) is 2.93. The van der Waals surface area contributed by atoms with Gasteiger partial charge in [0.1, 0.15) is 0 Å². The smallest absolute Gasteiger partial charge is 0.241 e. The molecule has 1 aliphatic rings. The van der Waals surface area contributed by atoms with Crippen LogP contribution in [0.2, 0.25) is 0 Å². The van der Waals surface area contributed by atoms with Crippen molar-refractivity contribution in [2.75, 3.05) is 11.9 Å². The Balaban J connectivity index is 1.65. The highest BCUT2D eigenvalue weighted by Crippen LogP contribution is 2.25. The maximum absolute atomic E-state index is 12.4. The van der Waals surface area contributed by atoms with Crippen LogP contribution >= 0.6 is 11.3 Å². The minimum Gasteiger partial charge on any atom is -0.325 e. The van der Waals surface area contributed by atoms with Crippen molar-refractivity contribution in [1.82, 2.24) is 4.90 Å². The van der Waals surface area contributed by atoms with E-state index in [1.54, 1.807) is 0 Å². The highest BCUT2D eigenvalue weighted by atomic mass is 32.1. The molecule has 21 heavy (non-hydrogen) atoms. The van der Waals surface area contributed by atoms with Crippen LogP contribution in [0.1, 0.15) is 22.9 Å². The Labute approximate surface area is 129 Å². The number of benzene rings is 1. The number of carbonyl (C=O) groups excluding carboxylic acids is 1. The lowest BCUT2D eigenvalue weighted by atomic mass is 10.1. The first-order valence-electron chi connectivity index (χ1n) is 7.30. The molecule has 2 aromatic rings. The Hall–Kier alpha value is -1.65. The standard InChI is InChI=1S/C17H20N2OS/c1-12-4-3-5-15(10-12)18-17(20)13(2)19-8-6-16-14(11-19)7-9-21-16/h3-5,7,9-10,13H,6,8,11H2,1-2H3,(H,18,20). The third-order valence-corrected chi connectivity index (χ3v) is 5.07.